The molecule has 0 unspecified atom stereocenters. The molecule has 3 N–H and O–H groups in total. The van der Waals surface area contributed by atoms with Crippen LogP contribution in [0.1, 0.15) is 22.8 Å². The van der Waals surface area contributed by atoms with E-state index < -0.39 is 0 Å². The van der Waals surface area contributed by atoms with Gasteiger partial charge in [0, 0.05) is 30.4 Å². The van der Waals surface area contributed by atoms with Crippen molar-refractivity contribution in [2.45, 2.75) is 6.92 Å². The molecule has 140 valence electrons. The van der Waals surface area contributed by atoms with Gasteiger partial charge in [0.1, 0.15) is 17.5 Å². The third-order valence-electron chi connectivity index (χ3n) is 4.11. The molecule has 8 heteroatoms. The number of carbonyl (C=O) groups is 1. The van der Waals surface area contributed by atoms with Crippen molar-refractivity contribution in [1.82, 2.24) is 9.88 Å². The summed E-state index contributed by atoms with van der Waals surface area (Å²) in [7, 11) is 0. The monoisotopic (exact) mass is 367 g/mol. The van der Waals surface area contributed by atoms with Gasteiger partial charge in [0.15, 0.2) is 0 Å². The minimum Gasteiger partial charge on any atom is -0.477 e. The lowest BCUT2D eigenvalue weighted by Gasteiger charge is -2.26. The van der Waals surface area contributed by atoms with Crippen LogP contribution in [0.25, 0.3) is 0 Å². The molecule has 1 amide bonds. The molecule has 1 aliphatic rings. The topological polar surface area (TPSA) is 114 Å². The van der Waals surface area contributed by atoms with Crippen molar-refractivity contribution in [3.05, 3.63) is 41.5 Å². The molecule has 1 aliphatic heterocycles. The Morgan fingerprint density at radius 2 is 2.07 bits per heavy atom. The van der Waals surface area contributed by atoms with E-state index in [0.29, 0.717) is 44.3 Å². The second-order valence-electron chi connectivity index (χ2n) is 5.93. The minimum atomic E-state index is -0.00998. The maximum absolute atomic E-state index is 12.5. The molecule has 0 radical (unpaired) electrons. The third-order valence-corrected chi connectivity index (χ3v) is 4.11. The predicted octanol–water partition coefficient (Wildman–Crippen LogP) is 2.15. The van der Waals surface area contributed by atoms with E-state index in [1.807, 2.05) is 13.0 Å². The lowest BCUT2D eigenvalue weighted by atomic mass is 10.1. The third kappa shape index (κ3) is 4.27. The van der Waals surface area contributed by atoms with Crippen LogP contribution in [-0.2, 0) is 4.74 Å². The normalized spacial score (nSPS) is 13.7. The highest BCUT2D eigenvalue weighted by Crippen LogP contribution is 2.27. The zero-order valence-electron chi connectivity index (χ0n) is 15.1. The number of nitriles is 1. The first-order chi connectivity index (χ1) is 13.1. The van der Waals surface area contributed by atoms with Crippen LogP contribution in [0.2, 0.25) is 0 Å². The van der Waals surface area contributed by atoms with Crippen molar-refractivity contribution in [1.29, 1.82) is 5.26 Å². The van der Waals surface area contributed by atoms with Crippen LogP contribution in [0.3, 0.4) is 0 Å². The van der Waals surface area contributed by atoms with Gasteiger partial charge < -0.3 is 25.4 Å². The predicted molar refractivity (Wildman–Crippen MR) is 101 cm³/mol. The fourth-order valence-electron chi connectivity index (χ4n) is 2.75. The summed E-state index contributed by atoms with van der Waals surface area (Å²) in [6.07, 6.45) is 0. The highest BCUT2D eigenvalue weighted by molar-refractivity contribution is 5.94. The Kier molecular flexibility index (Phi) is 5.74. The molecule has 8 nitrogen and oxygen atoms in total. The molecule has 0 spiro atoms. The number of carbonyl (C=O) groups excluding carboxylic acids is 1. The quantitative estimate of drug-likeness (QED) is 0.832. The first-order valence-electron chi connectivity index (χ1n) is 8.70. The summed E-state index contributed by atoms with van der Waals surface area (Å²) in [5, 5.41) is 12.3. The van der Waals surface area contributed by atoms with Gasteiger partial charge in [-0.25, -0.2) is 0 Å². The molecular weight excluding hydrogens is 346 g/mol. The van der Waals surface area contributed by atoms with Crippen LogP contribution in [0.4, 0.5) is 17.2 Å². The van der Waals surface area contributed by atoms with E-state index >= 15 is 0 Å². The molecule has 1 aromatic heterocycles. The number of nitrogens with zero attached hydrogens (tertiary/aromatic N) is 3. The van der Waals surface area contributed by atoms with Gasteiger partial charge in [-0.3, -0.25) is 4.79 Å². The van der Waals surface area contributed by atoms with E-state index in [-0.39, 0.29) is 23.0 Å². The van der Waals surface area contributed by atoms with Gasteiger partial charge in [-0.15, -0.1) is 0 Å². The zero-order chi connectivity index (χ0) is 19.2. The van der Waals surface area contributed by atoms with Crippen molar-refractivity contribution in [3.8, 4) is 11.9 Å². The number of hydrogen-bond donors (Lipinski definition) is 2. The Morgan fingerprint density at radius 1 is 1.37 bits per heavy atom. The molecule has 0 aliphatic carbocycles. The van der Waals surface area contributed by atoms with Crippen LogP contribution >= 0.6 is 0 Å². The molecule has 27 heavy (non-hydrogen) atoms. The van der Waals surface area contributed by atoms with Gasteiger partial charge in [-0.1, -0.05) is 0 Å². The Morgan fingerprint density at radius 3 is 2.70 bits per heavy atom. The van der Waals surface area contributed by atoms with Crippen LogP contribution in [-0.4, -0.2) is 48.7 Å². The van der Waals surface area contributed by atoms with Gasteiger partial charge in [-0.05, 0) is 31.2 Å². The number of ether oxygens (including phenoxy) is 2. The Bertz CT molecular complexity index is 855. The largest absolute Gasteiger partial charge is 0.477 e. The van der Waals surface area contributed by atoms with Crippen LogP contribution in [0.5, 0.6) is 5.88 Å². The zero-order valence-corrected chi connectivity index (χ0v) is 15.1. The first kappa shape index (κ1) is 18.5. The number of pyridine rings is 1. The number of nitrogen functional groups attached to an aromatic ring is 1. The van der Waals surface area contributed by atoms with Crippen LogP contribution in [0, 0.1) is 11.3 Å². The highest BCUT2D eigenvalue weighted by atomic mass is 16.5. The number of hydrogen-bond acceptors (Lipinski definition) is 7. The number of aromatic nitrogens is 1. The Balaban J connectivity index is 1.75. The standard InChI is InChI=1S/C19H21N5O3/c1-2-27-18-15(12-20)16(21)11-17(23-18)22-14-5-3-13(4-6-14)19(25)24-7-9-26-10-8-24/h3-6,11H,2,7-10H2,1H3,(H3,21,22,23). The number of nitrogens with two attached hydrogens (primary N) is 1. The van der Waals surface area contributed by atoms with Crippen molar-refractivity contribution < 1.29 is 14.3 Å². The number of anilines is 3. The number of amides is 1. The van der Waals surface area contributed by atoms with Crippen LogP contribution < -0.4 is 15.8 Å². The molecule has 2 aromatic rings. The summed E-state index contributed by atoms with van der Waals surface area (Å²) in [5.74, 6) is 0.646. The molecule has 1 fully saturated rings. The van der Waals surface area contributed by atoms with Crippen molar-refractivity contribution in [2.24, 2.45) is 0 Å². The molecule has 3 rings (SSSR count). The smallest absolute Gasteiger partial charge is 0.254 e. The number of morpholine rings is 1. The summed E-state index contributed by atoms with van der Waals surface area (Å²) in [6, 6.07) is 10.7. The van der Waals surface area contributed by atoms with Gasteiger partial charge in [0.25, 0.3) is 5.91 Å². The summed E-state index contributed by atoms with van der Waals surface area (Å²) in [4.78, 5) is 18.6. The highest BCUT2D eigenvalue weighted by Gasteiger charge is 2.18. The lowest BCUT2D eigenvalue weighted by molar-refractivity contribution is 0.0303. The van der Waals surface area contributed by atoms with Crippen molar-refractivity contribution in [2.75, 3.05) is 44.0 Å². The molecule has 0 atom stereocenters. The molecule has 0 bridgehead atoms. The molecule has 0 saturated carbocycles. The van der Waals surface area contributed by atoms with Gasteiger partial charge in [0.05, 0.1) is 25.5 Å². The fourth-order valence-corrected chi connectivity index (χ4v) is 2.75. The molecular formula is C19H21N5O3. The van der Waals surface area contributed by atoms with E-state index in [4.69, 9.17) is 15.2 Å². The second-order valence-corrected chi connectivity index (χ2v) is 5.93. The second kappa shape index (κ2) is 8.38. The Hall–Kier alpha value is -3.31. The Labute approximate surface area is 157 Å². The summed E-state index contributed by atoms with van der Waals surface area (Å²) < 4.78 is 10.7. The van der Waals surface area contributed by atoms with Gasteiger partial charge in [0.2, 0.25) is 5.88 Å². The lowest BCUT2D eigenvalue weighted by Crippen LogP contribution is -2.40. The van der Waals surface area contributed by atoms with E-state index in [2.05, 4.69) is 10.3 Å². The molecule has 2 heterocycles. The molecule has 1 aromatic carbocycles. The van der Waals surface area contributed by atoms with E-state index in [9.17, 15) is 10.1 Å². The van der Waals surface area contributed by atoms with Crippen LogP contribution in [0.15, 0.2) is 30.3 Å². The maximum atomic E-state index is 12.5. The van der Waals surface area contributed by atoms with Gasteiger partial charge in [-0.2, -0.15) is 10.2 Å². The van der Waals surface area contributed by atoms with Crippen molar-refractivity contribution in [3.63, 3.8) is 0 Å². The number of rotatable bonds is 5. The maximum Gasteiger partial charge on any atom is 0.254 e. The number of nitrogens with one attached hydrogen (secondary N) is 1. The SMILES string of the molecule is CCOc1nc(Nc2ccc(C(=O)N3CCOCC3)cc2)cc(N)c1C#N. The fraction of sp³-hybridized carbons (Fsp3) is 0.316. The van der Waals surface area contributed by atoms with Crippen molar-refractivity contribution >= 4 is 23.1 Å². The first-order valence-corrected chi connectivity index (χ1v) is 8.70. The summed E-state index contributed by atoms with van der Waals surface area (Å²) in [6.45, 7) is 4.53. The average molecular weight is 367 g/mol. The minimum absolute atomic E-state index is 0.00998. The summed E-state index contributed by atoms with van der Waals surface area (Å²) in [5.41, 5.74) is 7.78. The summed E-state index contributed by atoms with van der Waals surface area (Å²) >= 11 is 0. The van der Waals surface area contributed by atoms with E-state index in [1.54, 1.807) is 35.2 Å². The van der Waals surface area contributed by atoms with E-state index in [0.717, 1.165) is 5.69 Å². The average Bonchev–Trinajstić information content (AvgIpc) is 2.69. The van der Waals surface area contributed by atoms with E-state index in [1.165, 1.54) is 0 Å². The van der Waals surface area contributed by atoms with Gasteiger partial charge >= 0.3 is 0 Å². The number of benzene rings is 1. The molecule has 1 saturated heterocycles.